The van der Waals surface area contributed by atoms with Crippen molar-refractivity contribution in [3.05, 3.63) is 12.7 Å². The van der Waals surface area contributed by atoms with Gasteiger partial charge in [0, 0.05) is 0 Å². The van der Waals surface area contributed by atoms with E-state index in [1.165, 1.54) is 0 Å². The minimum atomic E-state index is -4.24. The summed E-state index contributed by atoms with van der Waals surface area (Å²) in [5.41, 5.74) is -2.07. The van der Waals surface area contributed by atoms with Gasteiger partial charge in [-0.2, -0.15) is 30.7 Å². The van der Waals surface area contributed by atoms with E-state index in [0.717, 1.165) is 0 Å². The van der Waals surface area contributed by atoms with Crippen molar-refractivity contribution in [1.29, 1.82) is 0 Å². The lowest BCUT2D eigenvalue weighted by molar-refractivity contribution is -0.131. The van der Waals surface area contributed by atoms with E-state index >= 15 is 0 Å². The molecule has 0 bridgehead atoms. The van der Waals surface area contributed by atoms with Crippen LogP contribution in [0.1, 0.15) is 12.8 Å². The molecule has 24 heavy (non-hydrogen) atoms. The van der Waals surface area contributed by atoms with Crippen LogP contribution in [0.15, 0.2) is 12.7 Å². The average Bonchev–Trinajstić information content (AvgIpc) is 2.05. The maximum Gasteiger partial charge on any atom is 0.391 e. The van der Waals surface area contributed by atoms with Crippen molar-refractivity contribution in [1.82, 2.24) is 0 Å². The normalized spacial score (nSPS) is 12.2. The molecule has 150 valence electrons. The van der Waals surface area contributed by atoms with Crippen LogP contribution in [0.25, 0.3) is 0 Å². The van der Waals surface area contributed by atoms with Crippen LogP contribution in [0.5, 0.6) is 0 Å². The molecule has 0 amide bonds. The zero-order valence-corrected chi connectivity index (χ0v) is 15.6. The molecule has 0 heterocycles. The van der Waals surface area contributed by atoms with E-state index in [2.05, 4.69) is 53.0 Å². The molecule has 0 aromatic heterocycles. The van der Waals surface area contributed by atoms with E-state index < -0.39 is 46.0 Å². The Kier molecular flexibility index (Phi) is 23.4. The summed E-state index contributed by atoms with van der Waals surface area (Å²) in [5.74, 6) is 0. The monoisotopic (exact) mass is 498 g/mol. The van der Waals surface area contributed by atoms with Crippen LogP contribution in [0.2, 0.25) is 0 Å². The van der Waals surface area contributed by atoms with Gasteiger partial charge in [0.2, 0.25) is 5.09 Å². The van der Waals surface area contributed by atoms with Gasteiger partial charge in [-0.05, 0) is 18.2 Å². The van der Waals surface area contributed by atoms with Crippen molar-refractivity contribution in [3.63, 3.8) is 0 Å². The van der Waals surface area contributed by atoms with E-state index in [1.807, 2.05) is 0 Å². The molecule has 0 aliphatic heterocycles. The number of rotatable bonds is 3. The summed E-state index contributed by atoms with van der Waals surface area (Å²) in [7, 11) is 0. The van der Waals surface area contributed by atoms with Gasteiger partial charge in [0.1, 0.15) is 4.84 Å². The van der Waals surface area contributed by atoms with Crippen LogP contribution in [0.3, 0.4) is 0 Å². The Bertz CT molecular complexity index is 263. The van der Waals surface area contributed by atoms with Gasteiger partial charge < -0.3 is 0 Å². The van der Waals surface area contributed by atoms with Crippen LogP contribution in [-0.4, -0.2) is 27.1 Å². The predicted octanol–water partition coefficient (Wildman–Crippen LogP) is 8.60. The van der Waals surface area contributed by atoms with Crippen LogP contribution in [0.4, 0.5) is 39.5 Å². The number of alkyl halides is 13. The van der Waals surface area contributed by atoms with Crippen molar-refractivity contribution in [2.45, 2.75) is 40.0 Å². The first-order valence-electron chi connectivity index (χ1n) is 4.92. The largest absolute Gasteiger partial charge is 0.391 e. The third-order valence-corrected chi connectivity index (χ3v) is 1.39. The number of hydrogen-bond acceptors (Lipinski definition) is 0. The maximum absolute atomic E-state index is 11.4. The third kappa shape index (κ3) is 92.7. The second kappa shape index (κ2) is 17.3. The molecule has 0 aromatic rings. The smallest absolute Gasteiger partial charge is 0.230 e. The highest BCUT2D eigenvalue weighted by molar-refractivity contribution is 6.44. The highest BCUT2D eigenvalue weighted by Crippen LogP contribution is 2.27. The molecule has 0 aliphatic rings. The maximum atomic E-state index is 11.4. The van der Waals surface area contributed by atoms with Crippen LogP contribution in [-0.2, 0) is 0 Å². The van der Waals surface area contributed by atoms with Crippen molar-refractivity contribution in [3.8, 4) is 0 Å². The van der Waals surface area contributed by atoms with Gasteiger partial charge in [-0.25, -0.2) is 8.78 Å². The average molecular weight is 501 g/mol. The summed E-state index contributed by atoms with van der Waals surface area (Å²) in [5, 5.41) is -5.23. The van der Waals surface area contributed by atoms with E-state index in [9.17, 15) is 39.5 Å². The Morgan fingerprint density at radius 2 is 1.08 bits per heavy atom. The quantitative estimate of drug-likeness (QED) is 0.269. The summed E-state index contributed by atoms with van der Waals surface area (Å²) in [4.78, 5) is -1.34. The SMILES string of the molecule is C=C(F)F.FC(Cl)CC(F)(F)Cl.FC(Cl)Cl.FC(F)(F)CC(Cl)Cl. The molecule has 0 fully saturated rings. The molecule has 0 saturated heterocycles. The van der Waals surface area contributed by atoms with Gasteiger partial charge in [-0.3, -0.25) is 0 Å². The van der Waals surface area contributed by atoms with E-state index in [4.69, 9.17) is 23.2 Å². The first-order chi connectivity index (χ1) is 10.3. The van der Waals surface area contributed by atoms with Gasteiger partial charge in [0.05, 0.1) is 12.8 Å². The second-order valence-corrected chi connectivity index (χ2v) is 6.30. The van der Waals surface area contributed by atoms with E-state index in [-0.39, 0.29) is 0 Å². The molecular weight excluding hydrogens is 492 g/mol. The minimum absolute atomic E-state index is 1.14. The van der Waals surface area contributed by atoms with Crippen molar-refractivity contribution in [2.75, 3.05) is 0 Å². The van der Waals surface area contributed by atoms with E-state index in [1.54, 1.807) is 0 Å². The fourth-order valence-corrected chi connectivity index (χ4v) is 1.11. The van der Waals surface area contributed by atoms with Gasteiger partial charge in [-0.15, -0.1) is 23.2 Å². The highest BCUT2D eigenvalue weighted by atomic mass is 35.5. The summed E-state index contributed by atoms with van der Waals surface area (Å²) in [6, 6.07) is 0. The van der Waals surface area contributed by atoms with Crippen LogP contribution >= 0.6 is 69.6 Å². The topological polar surface area (TPSA) is 0 Å². The number of halogens is 15. The van der Waals surface area contributed by atoms with Crippen molar-refractivity contribution >= 4 is 69.6 Å². The standard InChI is InChI=1S/2C3H3Cl2F3.C2H2F2.CHCl2F/c4-2(6)1-3(5,7)8;4-2(5)1-3(6,7)8;1-2(3)4;2-1(3)4/h2*2H,1H2;1H2;1H. The molecule has 0 spiro atoms. The molecular formula is C9H9Cl6F9. The van der Waals surface area contributed by atoms with Crippen LogP contribution in [0, 0.1) is 0 Å². The Morgan fingerprint density at radius 3 is 1.08 bits per heavy atom. The summed E-state index contributed by atoms with van der Waals surface area (Å²) < 4.78 is 98.4. The Morgan fingerprint density at radius 1 is 0.833 bits per heavy atom. The zero-order chi connectivity index (χ0) is 20.7. The molecule has 0 N–H and O–H groups in total. The summed E-state index contributed by atoms with van der Waals surface area (Å²) >= 11 is 27.2. The Labute approximate surface area is 161 Å². The third-order valence-electron chi connectivity index (χ3n) is 0.772. The Hall–Kier alpha value is 0.850. The van der Waals surface area contributed by atoms with E-state index in [0.29, 0.717) is 0 Å². The highest BCUT2D eigenvalue weighted by Gasteiger charge is 2.30. The molecule has 1 unspecified atom stereocenters. The minimum Gasteiger partial charge on any atom is -0.230 e. The molecule has 0 aliphatic carbocycles. The van der Waals surface area contributed by atoms with Gasteiger partial charge in [0.15, 0.2) is 5.63 Å². The molecule has 1 atom stereocenters. The predicted molar refractivity (Wildman–Crippen MR) is 80.3 cm³/mol. The van der Waals surface area contributed by atoms with Gasteiger partial charge in [0.25, 0.3) is 6.08 Å². The zero-order valence-electron chi connectivity index (χ0n) is 11.0. The second-order valence-electron chi connectivity index (χ2n) is 3.01. The van der Waals surface area contributed by atoms with Crippen molar-refractivity contribution in [2.24, 2.45) is 0 Å². The van der Waals surface area contributed by atoms with Gasteiger partial charge in [-0.1, -0.05) is 34.8 Å². The molecule has 15 heteroatoms. The molecule has 0 aromatic carbocycles. The number of hydrogen-bond donors (Lipinski definition) is 0. The lowest BCUT2D eigenvalue weighted by atomic mass is 10.5. The lowest BCUT2D eigenvalue weighted by Gasteiger charge is -2.04. The molecule has 0 nitrogen and oxygen atoms in total. The Balaban J connectivity index is -0.000000117. The first-order valence-corrected chi connectivity index (χ1v) is 7.48. The molecule has 0 radical (unpaired) electrons. The molecule has 0 rings (SSSR count). The van der Waals surface area contributed by atoms with Crippen LogP contribution < -0.4 is 0 Å². The summed E-state index contributed by atoms with van der Waals surface area (Å²) in [6.45, 7) is 2.22. The summed E-state index contributed by atoms with van der Waals surface area (Å²) in [6.07, 6.45) is -8.36. The van der Waals surface area contributed by atoms with Gasteiger partial charge >= 0.3 is 11.6 Å². The first kappa shape index (κ1) is 32.5. The van der Waals surface area contributed by atoms with Crippen molar-refractivity contribution < 1.29 is 39.5 Å². The fourth-order valence-electron chi connectivity index (χ4n) is 0.350. The lowest BCUT2D eigenvalue weighted by Crippen LogP contribution is -2.10. The molecule has 0 saturated carbocycles. The fraction of sp³-hybridized carbons (Fsp3) is 0.778.